The first-order chi connectivity index (χ1) is 14.2. The van der Waals surface area contributed by atoms with Crippen molar-refractivity contribution in [2.45, 2.75) is 19.8 Å². The number of aromatic nitrogens is 3. The minimum Gasteiger partial charge on any atom is -0.493 e. The maximum Gasteiger partial charge on any atom is 0.296 e. The summed E-state index contributed by atoms with van der Waals surface area (Å²) in [5.74, 6) is 0.714. The van der Waals surface area contributed by atoms with E-state index in [9.17, 15) is 9.59 Å². The van der Waals surface area contributed by atoms with E-state index < -0.39 is 5.56 Å². The van der Waals surface area contributed by atoms with Gasteiger partial charge in [-0.15, -0.1) is 0 Å². The van der Waals surface area contributed by atoms with E-state index in [0.29, 0.717) is 23.3 Å². The lowest BCUT2D eigenvalue weighted by Crippen LogP contribution is -2.28. The third kappa shape index (κ3) is 4.09. The average molecular weight is 405 g/mol. The van der Waals surface area contributed by atoms with Crippen molar-refractivity contribution in [2.75, 3.05) is 6.61 Å². The summed E-state index contributed by atoms with van der Waals surface area (Å²) in [5.41, 5.74) is 1.29. The van der Waals surface area contributed by atoms with Crippen molar-refractivity contribution in [1.29, 1.82) is 0 Å². The topological polar surface area (TPSA) is 73.6 Å². The number of fused-ring (bicyclic) bond motifs is 1. The number of rotatable bonds is 6. The highest BCUT2D eigenvalue weighted by molar-refractivity contribution is 7.15. The molecule has 0 radical (unpaired) electrons. The van der Waals surface area contributed by atoms with E-state index in [1.807, 2.05) is 61.5 Å². The Balaban J connectivity index is 1.78. The van der Waals surface area contributed by atoms with Crippen LogP contribution in [0.3, 0.4) is 0 Å². The molecule has 4 rings (SSSR count). The highest BCUT2D eigenvalue weighted by atomic mass is 32.1. The Hall–Kier alpha value is -3.32. The molecule has 146 valence electrons. The molecular weight excluding hydrogens is 386 g/mol. The first-order valence-electron chi connectivity index (χ1n) is 9.36. The molecule has 0 bridgehead atoms. The zero-order valence-electron chi connectivity index (χ0n) is 15.9. The maximum absolute atomic E-state index is 12.9. The van der Waals surface area contributed by atoms with Gasteiger partial charge in [-0.05, 0) is 24.1 Å². The Morgan fingerprint density at radius 1 is 1.07 bits per heavy atom. The smallest absolute Gasteiger partial charge is 0.296 e. The molecule has 2 heterocycles. The summed E-state index contributed by atoms with van der Waals surface area (Å²) in [5, 5.41) is 4.29. The van der Waals surface area contributed by atoms with Gasteiger partial charge in [-0.3, -0.25) is 9.59 Å². The van der Waals surface area contributed by atoms with Crippen LogP contribution in [0.5, 0.6) is 5.75 Å². The van der Waals surface area contributed by atoms with Crippen LogP contribution in [0.2, 0.25) is 0 Å². The molecule has 7 heteroatoms. The van der Waals surface area contributed by atoms with Gasteiger partial charge in [0, 0.05) is 12.0 Å². The molecule has 0 aliphatic heterocycles. The van der Waals surface area contributed by atoms with Gasteiger partial charge in [-0.2, -0.15) is 14.6 Å². The van der Waals surface area contributed by atoms with Crippen LogP contribution in [0.25, 0.3) is 11.0 Å². The van der Waals surface area contributed by atoms with E-state index in [2.05, 4.69) is 10.1 Å². The first-order valence-corrected chi connectivity index (χ1v) is 10.2. The number of thiazole rings is 1. The molecule has 6 nitrogen and oxygen atoms in total. The Bertz CT molecular complexity index is 1310. The minimum absolute atomic E-state index is 0.252. The Morgan fingerprint density at radius 2 is 1.83 bits per heavy atom. The van der Waals surface area contributed by atoms with Gasteiger partial charge in [0.1, 0.15) is 11.4 Å². The average Bonchev–Trinajstić information content (AvgIpc) is 3.03. The number of hydrogen-bond acceptors (Lipinski definition) is 6. The fraction of sp³-hybridized carbons (Fsp3) is 0.182. The van der Waals surface area contributed by atoms with E-state index in [4.69, 9.17) is 4.74 Å². The molecule has 29 heavy (non-hydrogen) atoms. The third-order valence-electron chi connectivity index (χ3n) is 4.33. The fourth-order valence-electron chi connectivity index (χ4n) is 2.93. The number of ether oxygens (including phenoxy) is 1. The number of para-hydroxylation sites is 1. The highest BCUT2D eigenvalue weighted by Gasteiger charge is 2.12. The van der Waals surface area contributed by atoms with Crippen LogP contribution in [-0.2, 0) is 6.42 Å². The predicted octanol–water partition coefficient (Wildman–Crippen LogP) is 2.44. The molecule has 2 aromatic carbocycles. The van der Waals surface area contributed by atoms with Crippen molar-refractivity contribution in [2.24, 2.45) is 0 Å². The molecule has 0 aliphatic rings. The minimum atomic E-state index is -0.409. The summed E-state index contributed by atoms with van der Waals surface area (Å²) < 4.78 is 7.43. The molecule has 0 saturated carbocycles. The van der Waals surface area contributed by atoms with Crippen molar-refractivity contribution in [1.82, 2.24) is 14.6 Å². The van der Waals surface area contributed by atoms with Gasteiger partial charge in [-0.25, -0.2) is 0 Å². The van der Waals surface area contributed by atoms with Gasteiger partial charge in [0.2, 0.25) is 4.96 Å². The quantitative estimate of drug-likeness (QED) is 0.493. The van der Waals surface area contributed by atoms with Crippen molar-refractivity contribution < 1.29 is 4.74 Å². The van der Waals surface area contributed by atoms with Gasteiger partial charge in [0.25, 0.3) is 11.1 Å². The molecule has 2 aromatic heterocycles. The lowest BCUT2D eigenvalue weighted by molar-refractivity contribution is 0.317. The summed E-state index contributed by atoms with van der Waals surface area (Å²) in [6, 6.07) is 17.1. The highest BCUT2D eigenvalue weighted by Crippen LogP contribution is 2.19. The zero-order valence-corrected chi connectivity index (χ0v) is 16.7. The zero-order chi connectivity index (χ0) is 20.2. The molecule has 0 unspecified atom stereocenters. The van der Waals surface area contributed by atoms with E-state index >= 15 is 0 Å². The summed E-state index contributed by atoms with van der Waals surface area (Å²) in [4.78, 5) is 29.6. The van der Waals surface area contributed by atoms with Crippen LogP contribution in [0.4, 0.5) is 0 Å². The first kappa shape index (κ1) is 19.0. The van der Waals surface area contributed by atoms with Crippen molar-refractivity contribution in [3.63, 3.8) is 0 Å². The Kier molecular flexibility index (Phi) is 5.48. The fourth-order valence-corrected chi connectivity index (χ4v) is 3.82. The summed E-state index contributed by atoms with van der Waals surface area (Å²) >= 11 is 1.15. The predicted molar refractivity (Wildman–Crippen MR) is 114 cm³/mol. The van der Waals surface area contributed by atoms with Crippen LogP contribution >= 0.6 is 11.3 Å². The lowest BCUT2D eigenvalue weighted by atomic mass is 10.1. The van der Waals surface area contributed by atoms with Crippen molar-refractivity contribution in [3.05, 3.63) is 96.7 Å². The van der Waals surface area contributed by atoms with Crippen molar-refractivity contribution in [3.8, 4) is 5.75 Å². The van der Waals surface area contributed by atoms with E-state index in [-0.39, 0.29) is 16.2 Å². The summed E-state index contributed by atoms with van der Waals surface area (Å²) in [6.45, 7) is 2.64. The molecule has 0 aliphatic carbocycles. The van der Waals surface area contributed by atoms with E-state index in [0.717, 1.165) is 28.9 Å². The Morgan fingerprint density at radius 3 is 2.62 bits per heavy atom. The monoisotopic (exact) mass is 405 g/mol. The largest absolute Gasteiger partial charge is 0.493 e. The van der Waals surface area contributed by atoms with Gasteiger partial charge in [0.15, 0.2) is 0 Å². The number of nitrogens with zero attached hydrogens (tertiary/aromatic N) is 3. The standard InChI is InChI=1S/C22H19N3O3S/c1-2-12-28-18-11-7-6-10-16(18)14-19-21(27)25-22(29-19)23-20(26)17(24-25)13-15-8-4-3-5-9-15/h3-11,14H,2,12-13H2,1H3/b19-14-. The van der Waals surface area contributed by atoms with Gasteiger partial charge in [-0.1, -0.05) is 66.8 Å². The van der Waals surface area contributed by atoms with E-state index in [1.54, 1.807) is 6.08 Å². The van der Waals surface area contributed by atoms with Gasteiger partial charge < -0.3 is 4.74 Å². The van der Waals surface area contributed by atoms with Gasteiger partial charge >= 0.3 is 0 Å². The third-order valence-corrected chi connectivity index (χ3v) is 5.29. The number of benzene rings is 2. The second-order valence-electron chi connectivity index (χ2n) is 6.52. The van der Waals surface area contributed by atoms with Crippen LogP contribution < -0.4 is 20.4 Å². The van der Waals surface area contributed by atoms with Crippen LogP contribution in [0.15, 0.2) is 64.2 Å². The SMILES string of the molecule is CCCOc1ccccc1/C=c1\sc2nc(=O)c(Cc3ccccc3)nn2c1=O. The normalized spacial score (nSPS) is 11.8. The molecule has 0 amide bonds. The molecular formula is C22H19N3O3S. The molecule has 0 atom stereocenters. The molecule has 0 saturated heterocycles. The molecule has 0 fully saturated rings. The van der Waals surface area contributed by atoms with Crippen LogP contribution in [0, 0.1) is 0 Å². The Labute approximate surface area is 170 Å². The summed E-state index contributed by atoms with van der Waals surface area (Å²) in [6.07, 6.45) is 2.98. The van der Waals surface area contributed by atoms with Gasteiger partial charge in [0.05, 0.1) is 11.1 Å². The second-order valence-corrected chi connectivity index (χ2v) is 7.53. The second kappa shape index (κ2) is 8.36. The van der Waals surface area contributed by atoms with Crippen LogP contribution in [0.1, 0.15) is 30.2 Å². The van der Waals surface area contributed by atoms with Crippen LogP contribution in [-0.4, -0.2) is 21.2 Å². The molecule has 0 spiro atoms. The number of hydrogen-bond donors (Lipinski definition) is 0. The van der Waals surface area contributed by atoms with E-state index in [1.165, 1.54) is 4.52 Å². The summed E-state index contributed by atoms with van der Waals surface area (Å²) in [7, 11) is 0. The molecule has 0 N–H and O–H groups in total. The van der Waals surface area contributed by atoms with Crippen molar-refractivity contribution >= 4 is 22.4 Å². The lowest BCUT2D eigenvalue weighted by Gasteiger charge is -2.07. The molecule has 4 aromatic rings. The maximum atomic E-state index is 12.9.